The summed E-state index contributed by atoms with van der Waals surface area (Å²) in [6, 6.07) is 6.74. The molecule has 16 heavy (non-hydrogen) atoms. The van der Waals surface area contributed by atoms with Gasteiger partial charge in [0.25, 0.3) is 0 Å². The highest BCUT2D eigenvalue weighted by molar-refractivity contribution is 5.89. The van der Waals surface area contributed by atoms with Crippen LogP contribution in [0.1, 0.15) is 24.2 Å². The zero-order chi connectivity index (χ0) is 12.2. The third kappa shape index (κ3) is 3.90. The normalized spacial score (nSPS) is 11.0. The maximum absolute atomic E-state index is 11.6. The molecule has 1 rings (SSSR count). The highest BCUT2D eigenvalue weighted by atomic mass is 16.5. The Kier molecular flexibility index (Phi) is 3.90. The summed E-state index contributed by atoms with van der Waals surface area (Å²) in [5.74, 6) is 0.330. The molecular weight excluding hydrogens is 206 g/mol. The summed E-state index contributed by atoms with van der Waals surface area (Å²) in [6.07, 6.45) is 0. The number of nitrogens with two attached hydrogens (primary N) is 1. The van der Waals surface area contributed by atoms with Gasteiger partial charge in [0, 0.05) is 5.54 Å². The zero-order valence-electron chi connectivity index (χ0n) is 9.82. The smallest absolute Gasteiger partial charge is 0.338 e. The Bertz CT molecular complexity index is 352. The van der Waals surface area contributed by atoms with Gasteiger partial charge in [-0.3, -0.25) is 0 Å². The molecule has 0 aromatic heterocycles. The molecule has 0 unspecified atom stereocenters. The monoisotopic (exact) mass is 223 g/mol. The molecule has 0 atom stereocenters. The third-order valence-corrected chi connectivity index (χ3v) is 1.90. The lowest BCUT2D eigenvalue weighted by molar-refractivity contribution is 0.0433. The molecule has 88 valence electrons. The predicted molar refractivity (Wildman–Crippen MR) is 61.5 cm³/mol. The van der Waals surface area contributed by atoms with Crippen LogP contribution >= 0.6 is 0 Å². The van der Waals surface area contributed by atoms with Gasteiger partial charge in [0.2, 0.25) is 0 Å². The third-order valence-electron chi connectivity index (χ3n) is 1.90. The van der Waals surface area contributed by atoms with E-state index in [1.165, 1.54) is 0 Å². The molecule has 0 bridgehead atoms. The number of hydrogen-bond donors (Lipinski definition) is 1. The number of methoxy groups -OCH3 is 1. The standard InChI is InChI=1S/C12H17NO3/c1-12(2,13)8-16-11(14)9-4-6-10(15-3)7-5-9/h4-7H,8,13H2,1-3H3. The molecular formula is C12H17NO3. The van der Waals surface area contributed by atoms with E-state index in [0.717, 1.165) is 0 Å². The van der Waals surface area contributed by atoms with Gasteiger partial charge in [0.1, 0.15) is 12.4 Å². The van der Waals surface area contributed by atoms with Gasteiger partial charge in [-0.25, -0.2) is 4.79 Å². The van der Waals surface area contributed by atoms with Crippen LogP contribution in [-0.2, 0) is 4.74 Å². The molecule has 0 aliphatic carbocycles. The largest absolute Gasteiger partial charge is 0.497 e. The van der Waals surface area contributed by atoms with E-state index in [-0.39, 0.29) is 12.6 Å². The van der Waals surface area contributed by atoms with Gasteiger partial charge in [-0.05, 0) is 38.1 Å². The summed E-state index contributed by atoms with van der Waals surface area (Å²) < 4.78 is 10.1. The van der Waals surface area contributed by atoms with Crippen molar-refractivity contribution < 1.29 is 14.3 Å². The van der Waals surface area contributed by atoms with Crippen LogP contribution in [0.15, 0.2) is 24.3 Å². The van der Waals surface area contributed by atoms with Gasteiger partial charge in [0.05, 0.1) is 12.7 Å². The Labute approximate surface area is 95.3 Å². The Balaban J connectivity index is 2.59. The summed E-state index contributed by atoms with van der Waals surface area (Å²) in [5.41, 5.74) is 5.69. The van der Waals surface area contributed by atoms with E-state index in [9.17, 15) is 4.79 Å². The fourth-order valence-corrected chi connectivity index (χ4v) is 1.06. The average Bonchev–Trinajstić information content (AvgIpc) is 2.25. The Morgan fingerprint density at radius 1 is 1.31 bits per heavy atom. The molecule has 0 heterocycles. The molecule has 0 spiro atoms. The first-order valence-electron chi connectivity index (χ1n) is 5.02. The number of rotatable bonds is 4. The highest BCUT2D eigenvalue weighted by Crippen LogP contribution is 2.12. The second-order valence-electron chi connectivity index (χ2n) is 4.29. The van der Waals surface area contributed by atoms with Gasteiger partial charge >= 0.3 is 5.97 Å². The first-order valence-corrected chi connectivity index (χ1v) is 5.02. The first-order chi connectivity index (χ1) is 7.42. The predicted octanol–water partition coefficient (Wildman–Crippen LogP) is 1.59. The maximum Gasteiger partial charge on any atom is 0.338 e. The van der Waals surface area contributed by atoms with Crippen LogP contribution in [-0.4, -0.2) is 25.2 Å². The quantitative estimate of drug-likeness (QED) is 0.787. The van der Waals surface area contributed by atoms with Crippen molar-refractivity contribution in [1.29, 1.82) is 0 Å². The number of carbonyl (C=O) groups excluding carboxylic acids is 1. The summed E-state index contributed by atoms with van der Waals surface area (Å²) in [7, 11) is 1.57. The van der Waals surface area contributed by atoms with Crippen molar-refractivity contribution in [1.82, 2.24) is 0 Å². The van der Waals surface area contributed by atoms with Crippen LogP contribution < -0.4 is 10.5 Å². The number of ether oxygens (including phenoxy) is 2. The lowest BCUT2D eigenvalue weighted by Gasteiger charge is -2.17. The molecule has 0 aliphatic heterocycles. The van der Waals surface area contributed by atoms with Crippen LogP contribution in [0.4, 0.5) is 0 Å². The minimum Gasteiger partial charge on any atom is -0.497 e. The number of benzene rings is 1. The Hall–Kier alpha value is -1.55. The molecule has 0 amide bonds. The van der Waals surface area contributed by atoms with E-state index < -0.39 is 5.54 Å². The fourth-order valence-electron chi connectivity index (χ4n) is 1.06. The van der Waals surface area contributed by atoms with E-state index in [4.69, 9.17) is 15.2 Å². The van der Waals surface area contributed by atoms with Gasteiger partial charge in [0.15, 0.2) is 0 Å². The SMILES string of the molecule is COc1ccc(C(=O)OCC(C)(C)N)cc1. The topological polar surface area (TPSA) is 61.5 Å². The van der Waals surface area contributed by atoms with Gasteiger partial charge < -0.3 is 15.2 Å². The van der Waals surface area contributed by atoms with E-state index in [1.54, 1.807) is 45.2 Å². The van der Waals surface area contributed by atoms with Crippen LogP contribution in [0.5, 0.6) is 5.75 Å². The Morgan fingerprint density at radius 3 is 2.31 bits per heavy atom. The zero-order valence-corrected chi connectivity index (χ0v) is 9.82. The van der Waals surface area contributed by atoms with Crippen LogP contribution in [0.2, 0.25) is 0 Å². The minimum absolute atomic E-state index is 0.192. The highest BCUT2D eigenvalue weighted by Gasteiger charge is 2.15. The molecule has 0 fully saturated rings. The van der Waals surface area contributed by atoms with Crippen molar-refractivity contribution in [3.63, 3.8) is 0 Å². The van der Waals surface area contributed by atoms with Crippen molar-refractivity contribution in [3.05, 3.63) is 29.8 Å². The molecule has 1 aromatic carbocycles. The summed E-state index contributed by atoms with van der Waals surface area (Å²) in [6.45, 7) is 3.79. The van der Waals surface area contributed by atoms with E-state index in [0.29, 0.717) is 11.3 Å². The van der Waals surface area contributed by atoms with Crippen molar-refractivity contribution in [2.45, 2.75) is 19.4 Å². The fraction of sp³-hybridized carbons (Fsp3) is 0.417. The lowest BCUT2D eigenvalue weighted by atomic mass is 10.1. The van der Waals surface area contributed by atoms with Crippen molar-refractivity contribution in [2.24, 2.45) is 5.73 Å². The minimum atomic E-state index is -0.512. The molecule has 0 saturated carbocycles. The van der Waals surface area contributed by atoms with Crippen molar-refractivity contribution >= 4 is 5.97 Å². The second-order valence-corrected chi connectivity index (χ2v) is 4.29. The first kappa shape index (κ1) is 12.5. The van der Waals surface area contributed by atoms with E-state index in [2.05, 4.69) is 0 Å². The van der Waals surface area contributed by atoms with Gasteiger partial charge in [-0.1, -0.05) is 0 Å². The van der Waals surface area contributed by atoms with Crippen molar-refractivity contribution in [2.75, 3.05) is 13.7 Å². The summed E-state index contributed by atoms with van der Waals surface area (Å²) >= 11 is 0. The molecule has 0 saturated heterocycles. The maximum atomic E-state index is 11.6. The number of esters is 1. The van der Waals surface area contributed by atoms with Crippen LogP contribution in [0, 0.1) is 0 Å². The molecule has 1 aromatic rings. The molecule has 0 radical (unpaired) electrons. The molecule has 4 nitrogen and oxygen atoms in total. The lowest BCUT2D eigenvalue weighted by Crippen LogP contribution is -2.38. The number of carbonyl (C=O) groups is 1. The molecule has 4 heteroatoms. The van der Waals surface area contributed by atoms with E-state index in [1.807, 2.05) is 0 Å². The van der Waals surface area contributed by atoms with Gasteiger partial charge in [-0.2, -0.15) is 0 Å². The molecule has 0 aliphatic rings. The summed E-state index contributed by atoms with van der Waals surface area (Å²) in [5, 5.41) is 0. The second kappa shape index (κ2) is 4.99. The van der Waals surface area contributed by atoms with Gasteiger partial charge in [-0.15, -0.1) is 0 Å². The van der Waals surface area contributed by atoms with E-state index >= 15 is 0 Å². The summed E-state index contributed by atoms with van der Waals surface area (Å²) in [4.78, 5) is 11.6. The Morgan fingerprint density at radius 2 is 1.88 bits per heavy atom. The molecule has 2 N–H and O–H groups in total. The number of hydrogen-bond acceptors (Lipinski definition) is 4. The van der Waals surface area contributed by atoms with Crippen molar-refractivity contribution in [3.8, 4) is 5.75 Å². The average molecular weight is 223 g/mol. The van der Waals surface area contributed by atoms with Crippen LogP contribution in [0.3, 0.4) is 0 Å². The van der Waals surface area contributed by atoms with Crippen LogP contribution in [0.25, 0.3) is 0 Å².